The second-order valence-electron chi connectivity index (χ2n) is 6.24. The van der Waals surface area contributed by atoms with Crippen LogP contribution in [0, 0.1) is 0 Å². The van der Waals surface area contributed by atoms with Gasteiger partial charge in [0.05, 0.1) is 18.8 Å². The fourth-order valence-corrected chi connectivity index (χ4v) is 3.82. The third-order valence-electron chi connectivity index (χ3n) is 4.72. The van der Waals surface area contributed by atoms with Crippen LogP contribution in [0.3, 0.4) is 0 Å². The van der Waals surface area contributed by atoms with E-state index < -0.39 is 0 Å². The van der Waals surface area contributed by atoms with E-state index in [1.54, 1.807) is 7.11 Å². The molecule has 1 N–H and O–H groups in total. The van der Waals surface area contributed by atoms with Crippen LogP contribution in [0.4, 0.5) is 5.69 Å². The minimum absolute atomic E-state index is 0.00972. The van der Waals surface area contributed by atoms with Crippen molar-refractivity contribution in [2.75, 3.05) is 12.0 Å². The van der Waals surface area contributed by atoms with Crippen LogP contribution in [0.15, 0.2) is 67.0 Å². The Hall–Kier alpha value is -2.86. The zero-order chi connectivity index (χ0) is 18.1. The molecule has 0 amide bonds. The zero-order valence-corrected chi connectivity index (χ0v) is 15.5. The minimum Gasteiger partial charge on any atom is -0.497 e. The molecule has 26 heavy (non-hydrogen) atoms. The summed E-state index contributed by atoms with van der Waals surface area (Å²) in [5, 5.41) is 4.14. The van der Waals surface area contributed by atoms with Crippen molar-refractivity contribution in [3.63, 3.8) is 0 Å². The second-order valence-corrected chi connectivity index (χ2v) is 6.63. The lowest BCUT2D eigenvalue weighted by Crippen LogP contribution is -2.30. The summed E-state index contributed by atoms with van der Waals surface area (Å²) in [5.74, 6) is 0.803. The minimum atomic E-state index is -0.0384. The van der Waals surface area contributed by atoms with Gasteiger partial charge < -0.3 is 19.5 Å². The van der Waals surface area contributed by atoms with Crippen molar-refractivity contribution in [3.8, 4) is 5.75 Å². The van der Waals surface area contributed by atoms with Gasteiger partial charge in [0.15, 0.2) is 5.11 Å². The lowest BCUT2D eigenvalue weighted by Gasteiger charge is -2.28. The molecule has 2 aromatic heterocycles. The summed E-state index contributed by atoms with van der Waals surface area (Å²) in [6, 6.07) is 18.1. The van der Waals surface area contributed by atoms with E-state index in [0.29, 0.717) is 5.11 Å². The van der Waals surface area contributed by atoms with E-state index in [4.69, 9.17) is 17.0 Å². The first-order valence-corrected chi connectivity index (χ1v) is 8.86. The average molecular weight is 364 g/mol. The molecule has 0 bridgehead atoms. The average Bonchev–Trinajstić information content (AvgIpc) is 3.25. The Bertz CT molecular complexity index is 924. The molecular weight excluding hydrogens is 344 g/mol. The summed E-state index contributed by atoms with van der Waals surface area (Å²) < 4.78 is 7.53. The third kappa shape index (κ3) is 2.82. The Morgan fingerprint density at radius 3 is 2.69 bits per heavy atom. The van der Waals surface area contributed by atoms with E-state index in [9.17, 15) is 0 Å². The predicted molar refractivity (Wildman–Crippen MR) is 106 cm³/mol. The van der Waals surface area contributed by atoms with Crippen molar-refractivity contribution in [1.29, 1.82) is 0 Å². The second kappa shape index (κ2) is 6.80. The number of nitrogens with one attached hydrogen (secondary N) is 1. The molecule has 0 aliphatic carbocycles. The molecule has 0 saturated carbocycles. The highest BCUT2D eigenvalue weighted by atomic mass is 32.1. The Morgan fingerprint density at radius 2 is 2.00 bits per heavy atom. The highest BCUT2D eigenvalue weighted by Gasteiger charge is 2.41. The molecule has 1 aromatic carbocycles. The van der Waals surface area contributed by atoms with Crippen LogP contribution in [-0.2, 0) is 7.05 Å². The van der Waals surface area contributed by atoms with E-state index in [-0.39, 0.29) is 12.1 Å². The molecular formula is C20H20N4OS. The molecule has 1 aliphatic heterocycles. The highest BCUT2D eigenvalue weighted by Crippen LogP contribution is 2.41. The van der Waals surface area contributed by atoms with Gasteiger partial charge in [0, 0.05) is 36.9 Å². The Labute approximate surface area is 158 Å². The smallest absolute Gasteiger partial charge is 0.174 e. The highest BCUT2D eigenvalue weighted by molar-refractivity contribution is 7.80. The molecule has 0 radical (unpaired) electrons. The predicted octanol–water partition coefficient (Wildman–Crippen LogP) is 3.61. The molecule has 4 rings (SSSR count). The van der Waals surface area contributed by atoms with Crippen LogP contribution in [0.1, 0.15) is 23.5 Å². The number of ether oxygens (including phenoxy) is 1. The molecule has 0 unspecified atom stereocenters. The van der Waals surface area contributed by atoms with Crippen LogP contribution in [0.2, 0.25) is 0 Å². The van der Waals surface area contributed by atoms with Crippen LogP contribution in [0.25, 0.3) is 0 Å². The van der Waals surface area contributed by atoms with Gasteiger partial charge in [0.2, 0.25) is 0 Å². The summed E-state index contributed by atoms with van der Waals surface area (Å²) in [5.41, 5.74) is 3.12. The zero-order valence-electron chi connectivity index (χ0n) is 14.7. The van der Waals surface area contributed by atoms with Gasteiger partial charge in [-0.2, -0.15) is 0 Å². The quantitative estimate of drug-likeness (QED) is 0.717. The summed E-state index contributed by atoms with van der Waals surface area (Å²) in [6.45, 7) is 0. The fourth-order valence-electron chi connectivity index (χ4n) is 3.48. The van der Waals surface area contributed by atoms with Gasteiger partial charge in [-0.1, -0.05) is 12.1 Å². The molecule has 5 nitrogen and oxygen atoms in total. The third-order valence-corrected chi connectivity index (χ3v) is 5.03. The van der Waals surface area contributed by atoms with Crippen LogP contribution >= 0.6 is 12.2 Å². The van der Waals surface area contributed by atoms with Gasteiger partial charge in [-0.3, -0.25) is 4.98 Å². The number of aryl methyl sites for hydroxylation is 1. The molecule has 2 atom stereocenters. The van der Waals surface area contributed by atoms with E-state index in [2.05, 4.69) is 45.1 Å². The van der Waals surface area contributed by atoms with Gasteiger partial charge >= 0.3 is 0 Å². The lowest BCUT2D eigenvalue weighted by atomic mass is 10.0. The molecule has 3 aromatic rings. The molecule has 1 saturated heterocycles. The molecule has 132 valence electrons. The maximum Gasteiger partial charge on any atom is 0.174 e. The van der Waals surface area contributed by atoms with Crippen LogP contribution < -0.4 is 15.0 Å². The number of nitrogens with zero attached hydrogens (tertiary/aromatic N) is 3. The topological polar surface area (TPSA) is 42.3 Å². The molecule has 1 aliphatic rings. The van der Waals surface area contributed by atoms with Crippen LogP contribution in [-0.4, -0.2) is 21.8 Å². The molecule has 1 fully saturated rings. The van der Waals surface area contributed by atoms with Crippen molar-refractivity contribution >= 4 is 23.0 Å². The normalized spacial score (nSPS) is 19.5. The first-order valence-electron chi connectivity index (χ1n) is 8.45. The largest absolute Gasteiger partial charge is 0.497 e. The Kier molecular flexibility index (Phi) is 4.34. The number of pyridine rings is 1. The van der Waals surface area contributed by atoms with Gasteiger partial charge in [0.1, 0.15) is 11.8 Å². The number of anilines is 1. The summed E-state index contributed by atoms with van der Waals surface area (Å²) in [6.07, 6.45) is 3.87. The van der Waals surface area contributed by atoms with Crippen molar-refractivity contribution < 1.29 is 4.74 Å². The summed E-state index contributed by atoms with van der Waals surface area (Å²) in [7, 11) is 3.72. The number of rotatable bonds is 4. The number of benzene rings is 1. The lowest BCUT2D eigenvalue weighted by molar-refractivity contribution is 0.414. The maximum absolute atomic E-state index is 5.71. The SMILES string of the molecule is COc1cccc(N2C(=S)N[C@H](c3ccccn3)[C@@H]2c2cccn2C)c1. The van der Waals surface area contributed by atoms with Crippen molar-refractivity contribution in [2.24, 2.45) is 7.05 Å². The van der Waals surface area contributed by atoms with Gasteiger partial charge in [0.25, 0.3) is 0 Å². The van der Waals surface area contributed by atoms with Crippen molar-refractivity contribution in [3.05, 3.63) is 78.4 Å². The van der Waals surface area contributed by atoms with Crippen molar-refractivity contribution in [1.82, 2.24) is 14.9 Å². The molecule has 6 heteroatoms. The van der Waals surface area contributed by atoms with Crippen LogP contribution in [0.5, 0.6) is 5.75 Å². The Balaban J connectivity index is 1.84. The number of thiocarbonyl (C=S) groups is 1. The first kappa shape index (κ1) is 16.6. The number of hydrogen-bond acceptors (Lipinski definition) is 3. The summed E-state index contributed by atoms with van der Waals surface area (Å²) in [4.78, 5) is 6.71. The van der Waals surface area contributed by atoms with Crippen molar-refractivity contribution in [2.45, 2.75) is 12.1 Å². The van der Waals surface area contributed by atoms with E-state index in [0.717, 1.165) is 22.8 Å². The standard InChI is InChI=1S/C20H20N4OS/c1-23-12-6-10-17(23)19-18(16-9-3-4-11-21-16)22-20(26)24(19)14-7-5-8-15(13-14)25-2/h3-13,18-19H,1-2H3,(H,22,26)/t18-,19+/m1/s1. The van der Waals surface area contributed by atoms with Gasteiger partial charge in [-0.05, 0) is 48.6 Å². The van der Waals surface area contributed by atoms with Gasteiger partial charge in [-0.15, -0.1) is 0 Å². The molecule has 0 spiro atoms. The first-order chi connectivity index (χ1) is 12.7. The number of aromatic nitrogens is 2. The van der Waals surface area contributed by atoms with E-state index >= 15 is 0 Å². The van der Waals surface area contributed by atoms with E-state index in [1.165, 1.54) is 0 Å². The van der Waals surface area contributed by atoms with E-state index in [1.807, 2.05) is 48.7 Å². The fraction of sp³-hybridized carbons (Fsp3) is 0.200. The summed E-state index contributed by atoms with van der Waals surface area (Å²) >= 11 is 5.71. The monoisotopic (exact) mass is 364 g/mol. The number of hydrogen-bond donors (Lipinski definition) is 1. The van der Waals surface area contributed by atoms with Gasteiger partial charge in [-0.25, -0.2) is 0 Å². The Morgan fingerprint density at radius 1 is 1.12 bits per heavy atom. The number of methoxy groups -OCH3 is 1. The maximum atomic E-state index is 5.71. The molecule has 3 heterocycles.